The Morgan fingerprint density at radius 2 is 2.00 bits per heavy atom. The second-order valence-electron chi connectivity index (χ2n) is 6.39. The molecule has 4 nitrogen and oxygen atoms in total. The summed E-state index contributed by atoms with van der Waals surface area (Å²) in [7, 11) is 0. The van der Waals surface area contributed by atoms with E-state index in [-0.39, 0.29) is 0 Å². The Kier molecular flexibility index (Phi) is 3.17. The molecule has 4 heteroatoms. The lowest BCUT2D eigenvalue weighted by Gasteiger charge is -2.16. The number of aromatic amines is 1. The molecule has 0 radical (unpaired) electrons. The molecule has 0 amide bonds. The fraction of sp³-hybridized carbons (Fsp3) is 0.389. The van der Waals surface area contributed by atoms with Crippen molar-refractivity contribution < 1.29 is 0 Å². The third kappa shape index (κ3) is 2.10. The Morgan fingerprint density at radius 1 is 1.14 bits per heavy atom. The van der Waals surface area contributed by atoms with Crippen molar-refractivity contribution in [3.05, 3.63) is 41.5 Å². The molecule has 3 heterocycles. The zero-order valence-electron chi connectivity index (χ0n) is 13.1. The number of hydrogen-bond donors (Lipinski definition) is 1. The number of H-pyrrole nitrogens is 1. The Morgan fingerprint density at radius 3 is 2.86 bits per heavy atom. The Labute approximate surface area is 130 Å². The van der Waals surface area contributed by atoms with Crippen molar-refractivity contribution in [3.63, 3.8) is 0 Å². The molecule has 1 aliphatic rings. The van der Waals surface area contributed by atoms with Gasteiger partial charge < -0.3 is 0 Å². The lowest BCUT2D eigenvalue weighted by atomic mass is 9.92. The number of hydrogen-bond acceptors (Lipinski definition) is 3. The van der Waals surface area contributed by atoms with Gasteiger partial charge in [0.05, 0.1) is 5.39 Å². The highest BCUT2D eigenvalue weighted by atomic mass is 15.1. The van der Waals surface area contributed by atoms with Crippen molar-refractivity contribution in [1.29, 1.82) is 0 Å². The summed E-state index contributed by atoms with van der Waals surface area (Å²) in [6.45, 7) is 4.35. The summed E-state index contributed by atoms with van der Waals surface area (Å²) in [5.41, 5.74) is 6.98. The molecule has 0 atom stereocenters. The smallest absolute Gasteiger partial charge is 0.181 e. The number of rotatable bonds is 2. The lowest BCUT2D eigenvalue weighted by molar-refractivity contribution is 0.668. The van der Waals surface area contributed by atoms with Crippen LogP contribution < -0.4 is 0 Å². The SMILES string of the molecule is CC(C)c1[nH]nc2nccc(-c3cnc4c(c3)CCCC4)c12. The van der Waals surface area contributed by atoms with Gasteiger partial charge >= 0.3 is 0 Å². The summed E-state index contributed by atoms with van der Waals surface area (Å²) in [6.07, 6.45) is 8.64. The van der Waals surface area contributed by atoms with Crippen molar-refractivity contribution in [2.24, 2.45) is 0 Å². The molecule has 0 bridgehead atoms. The quantitative estimate of drug-likeness (QED) is 0.776. The number of fused-ring (bicyclic) bond motifs is 2. The highest BCUT2D eigenvalue weighted by molar-refractivity contribution is 5.94. The van der Waals surface area contributed by atoms with E-state index in [1.165, 1.54) is 35.2 Å². The predicted octanol–water partition coefficient (Wildman–Crippen LogP) is 4.02. The summed E-state index contributed by atoms with van der Waals surface area (Å²) in [6, 6.07) is 4.39. The van der Waals surface area contributed by atoms with Crippen molar-refractivity contribution in [2.45, 2.75) is 45.4 Å². The molecule has 4 rings (SSSR count). The van der Waals surface area contributed by atoms with Crippen LogP contribution in [0.4, 0.5) is 0 Å². The first kappa shape index (κ1) is 13.4. The van der Waals surface area contributed by atoms with Gasteiger partial charge in [0.2, 0.25) is 0 Å². The van der Waals surface area contributed by atoms with Gasteiger partial charge in [0, 0.05) is 29.3 Å². The number of nitrogens with zero attached hydrogens (tertiary/aromatic N) is 3. The predicted molar refractivity (Wildman–Crippen MR) is 87.9 cm³/mol. The van der Waals surface area contributed by atoms with Crippen LogP contribution in [0, 0.1) is 0 Å². The monoisotopic (exact) mass is 292 g/mol. The van der Waals surface area contributed by atoms with Gasteiger partial charge in [-0.1, -0.05) is 13.8 Å². The van der Waals surface area contributed by atoms with Crippen LogP contribution in [0.15, 0.2) is 24.5 Å². The van der Waals surface area contributed by atoms with E-state index in [0.717, 1.165) is 29.6 Å². The molecular formula is C18H20N4. The maximum Gasteiger partial charge on any atom is 0.181 e. The van der Waals surface area contributed by atoms with Crippen molar-refractivity contribution >= 4 is 11.0 Å². The zero-order valence-corrected chi connectivity index (χ0v) is 13.1. The van der Waals surface area contributed by atoms with Crippen LogP contribution >= 0.6 is 0 Å². The highest BCUT2D eigenvalue weighted by Gasteiger charge is 2.17. The molecule has 1 N–H and O–H groups in total. The van der Waals surface area contributed by atoms with Gasteiger partial charge in [-0.05, 0) is 54.9 Å². The molecule has 0 saturated carbocycles. The average Bonchev–Trinajstić information content (AvgIpc) is 2.98. The standard InChI is InChI=1S/C18H20N4/c1-11(2)17-16-14(7-8-19-18(16)22-21-17)13-9-12-5-3-4-6-15(12)20-10-13/h7-11H,3-6H2,1-2H3,(H,19,21,22). The van der Waals surface area contributed by atoms with Crippen LogP contribution in [-0.4, -0.2) is 20.2 Å². The van der Waals surface area contributed by atoms with Gasteiger partial charge in [0.15, 0.2) is 5.65 Å². The fourth-order valence-corrected chi connectivity index (χ4v) is 3.36. The molecule has 1 aliphatic carbocycles. The second-order valence-corrected chi connectivity index (χ2v) is 6.39. The van der Waals surface area contributed by atoms with Crippen LogP contribution in [-0.2, 0) is 12.8 Å². The number of pyridine rings is 2. The first-order valence-electron chi connectivity index (χ1n) is 8.05. The van der Waals surface area contributed by atoms with E-state index in [1.807, 2.05) is 12.4 Å². The maximum atomic E-state index is 4.71. The van der Waals surface area contributed by atoms with Crippen molar-refractivity contribution in [2.75, 3.05) is 0 Å². The van der Waals surface area contributed by atoms with Gasteiger partial charge in [-0.2, -0.15) is 5.10 Å². The van der Waals surface area contributed by atoms with Crippen LogP contribution in [0.2, 0.25) is 0 Å². The average molecular weight is 292 g/mol. The third-order valence-electron chi connectivity index (χ3n) is 4.54. The summed E-state index contributed by atoms with van der Waals surface area (Å²) >= 11 is 0. The van der Waals surface area contributed by atoms with E-state index in [9.17, 15) is 0 Å². The molecule has 0 aromatic carbocycles. The van der Waals surface area contributed by atoms with Crippen molar-refractivity contribution in [3.8, 4) is 11.1 Å². The normalized spacial score (nSPS) is 14.5. The minimum Gasteiger partial charge on any atom is -0.279 e. The fourth-order valence-electron chi connectivity index (χ4n) is 3.36. The molecule has 22 heavy (non-hydrogen) atoms. The van der Waals surface area contributed by atoms with E-state index in [2.05, 4.69) is 41.2 Å². The minimum atomic E-state index is 0.388. The second kappa shape index (κ2) is 5.20. The largest absolute Gasteiger partial charge is 0.279 e. The summed E-state index contributed by atoms with van der Waals surface area (Å²) in [5.74, 6) is 0.388. The summed E-state index contributed by atoms with van der Waals surface area (Å²) in [5, 5.41) is 8.64. The van der Waals surface area contributed by atoms with Crippen LogP contribution in [0.1, 0.15) is 49.6 Å². The first-order valence-corrected chi connectivity index (χ1v) is 8.05. The van der Waals surface area contributed by atoms with E-state index in [1.54, 1.807) is 0 Å². The number of aryl methyl sites for hydroxylation is 2. The summed E-state index contributed by atoms with van der Waals surface area (Å²) in [4.78, 5) is 9.11. The number of nitrogens with one attached hydrogen (secondary N) is 1. The maximum absolute atomic E-state index is 4.71. The molecule has 0 fully saturated rings. The minimum absolute atomic E-state index is 0.388. The molecule has 0 saturated heterocycles. The molecule has 0 unspecified atom stereocenters. The van der Waals surface area contributed by atoms with E-state index in [0.29, 0.717) is 5.92 Å². The molecule has 112 valence electrons. The molecule has 0 aliphatic heterocycles. The molecule has 3 aromatic rings. The Bertz CT molecular complexity index is 832. The highest BCUT2D eigenvalue weighted by Crippen LogP contribution is 2.33. The van der Waals surface area contributed by atoms with Gasteiger partial charge in [0.1, 0.15) is 0 Å². The van der Waals surface area contributed by atoms with Gasteiger partial charge in [0.25, 0.3) is 0 Å². The van der Waals surface area contributed by atoms with Gasteiger partial charge in [-0.15, -0.1) is 0 Å². The third-order valence-corrected chi connectivity index (χ3v) is 4.54. The zero-order chi connectivity index (χ0) is 15.1. The van der Waals surface area contributed by atoms with Crippen LogP contribution in [0.25, 0.3) is 22.2 Å². The first-order chi connectivity index (χ1) is 10.7. The Balaban J connectivity index is 1.92. The molecule has 3 aromatic heterocycles. The van der Waals surface area contributed by atoms with Crippen LogP contribution in [0.5, 0.6) is 0 Å². The summed E-state index contributed by atoms with van der Waals surface area (Å²) < 4.78 is 0. The van der Waals surface area contributed by atoms with Crippen molar-refractivity contribution in [1.82, 2.24) is 20.2 Å². The lowest BCUT2D eigenvalue weighted by Crippen LogP contribution is -2.05. The van der Waals surface area contributed by atoms with Crippen LogP contribution in [0.3, 0.4) is 0 Å². The Hall–Kier alpha value is -2.23. The van der Waals surface area contributed by atoms with Gasteiger partial charge in [-0.25, -0.2) is 4.98 Å². The van der Waals surface area contributed by atoms with Gasteiger partial charge in [-0.3, -0.25) is 10.1 Å². The topological polar surface area (TPSA) is 54.5 Å². The van der Waals surface area contributed by atoms with E-state index < -0.39 is 0 Å². The van der Waals surface area contributed by atoms with E-state index >= 15 is 0 Å². The number of aromatic nitrogens is 4. The molecular weight excluding hydrogens is 272 g/mol. The van der Waals surface area contributed by atoms with E-state index in [4.69, 9.17) is 4.98 Å². The molecule has 0 spiro atoms.